The van der Waals surface area contributed by atoms with E-state index in [-0.39, 0.29) is 5.88 Å². The Morgan fingerprint density at radius 1 is 1.32 bits per heavy atom. The van der Waals surface area contributed by atoms with E-state index in [0.717, 1.165) is 13.3 Å². The second-order valence-corrected chi connectivity index (χ2v) is 4.22. The van der Waals surface area contributed by atoms with Gasteiger partial charge in [-0.3, -0.25) is 0 Å². The summed E-state index contributed by atoms with van der Waals surface area (Å²) >= 11 is 0. The summed E-state index contributed by atoms with van der Waals surface area (Å²) in [5.74, 6) is 0.942. The van der Waals surface area contributed by atoms with Crippen molar-refractivity contribution in [2.75, 3.05) is 12.4 Å². The zero-order valence-corrected chi connectivity index (χ0v) is 11.4. The standard InChI is InChI=1S/C12H18F3N3O/c1-5-6-9-17-10(16-4)7(2)11(18-9)19-8(3)12(13,14)15/h8H,5-6H2,1-4H3,(H,16,17,18). The first-order valence-corrected chi connectivity index (χ1v) is 6.08. The van der Waals surface area contributed by atoms with Crippen LogP contribution in [-0.2, 0) is 6.42 Å². The van der Waals surface area contributed by atoms with Gasteiger partial charge in [0.15, 0.2) is 6.10 Å². The average Bonchev–Trinajstić information content (AvgIpc) is 2.32. The number of hydrogen-bond donors (Lipinski definition) is 1. The Balaban J connectivity index is 3.08. The number of nitrogens with zero attached hydrogens (tertiary/aromatic N) is 2. The zero-order chi connectivity index (χ0) is 14.6. The highest BCUT2D eigenvalue weighted by molar-refractivity contribution is 5.48. The summed E-state index contributed by atoms with van der Waals surface area (Å²) in [5, 5.41) is 2.83. The van der Waals surface area contributed by atoms with E-state index in [1.54, 1.807) is 14.0 Å². The fraction of sp³-hybridized carbons (Fsp3) is 0.667. The fourth-order valence-electron chi connectivity index (χ4n) is 1.47. The molecule has 108 valence electrons. The van der Waals surface area contributed by atoms with Crippen molar-refractivity contribution in [3.8, 4) is 5.88 Å². The number of anilines is 1. The molecule has 7 heteroatoms. The third-order valence-electron chi connectivity index (χ3n) is 2.61. The van der Waals surface area contributed by atoms with Crippen molar-refractivity contribution in [1.82, 2.24) is 9.97 Å². The van der Waals surface area contributed by atoms with Gasteiger partial charge >= 0.3 is 6.18 Å². The van der Waals surface area contributed by atoms with Crippen LogP contribution < -0.4 is 10.1 Å². The van der Waals surface area contributed by atoms with Crippen LogP contribution in [0.2, 0.25) is 0 Å². The molecule has 0 radical (unpaired) electrons. The molecule has 0 amide bonds. The second kappa shape index (κ2) is 6.08. The number of aromatic nitrogens is 2. The molecule has 19 heavy (non-hydrogen) atoms. The molecule has 0 aromatic carbocycles. The largest absolute Gasteiger partial charge is 0.465 e. The third kappa shape index (κ3) is 3.97. The molecule has 0 aliphatic heterocycles. The van der Waals surface area contributed by atoms with Crippen LogP contribution >= 0.6 is 0 Å². The molecule has 1 unspecified atom stereocenters. The fourth-order valence-corrected chi connectivity index (χ4v) is 1.47. The van der Waals surface area contributed by atoms with Crippen molar-refractivity contribution >= 4 is 5.82 Å². The summed E-state index contributed by atoms with van der Waals surface area (Å²) in [6.45, 7) is 4.53. The predicted molar refractivity (Wildman–Crippen MR) is 66.5 cm³/mol. The summed E-state index contributed by atoms with van der Waals surface area (Å²) in [5.41, 5.74) is 0.471. The second-order valence-electron chi connectivity index (χ2n) is 4.22. The van der Waals surface area contributed by atoms with Gasteiger partial charge in [-0.25, -0.2) is 4.98 Å². The topological polar surface area (TPSA) is 47.0 Å². The van der Waals surface area contributed by atoms with E-state index >= 15 is 0 Å². The van der Waals surface area contributed by atoms with Crippen molar-refractivity contribution in [1.29, 1.82) is 0 Å². The molecule has 1 aromatic heterocycles. The maximum atomic E-state index is 12.5. The van der Waals surface area contributed by atoms with Crippen LogP contribution in [0, 0.1) is 6.92 Å². The lowest BCUT2D eigenvalue weighted by molar-refractivity contribution is -0.190. The molecule has 0 fully saturated rings. The third-order valence-corrected chi connectivity index (χ3v) is 2.61. The van der Waals surface area contributed by atoms with Gasteiger partial charge < -0.3 is 10.1 Å². The normalized spacial score (nSPS) is 13.2. The van der Waals surface area contributed by atoms with Crippen LogP contribution in [-0.4, -0.2) is 29.3 Å². The Morgan fingerprint density at radius 3 is 2.42 bits per heavy atom. The molecule has 1 rings (SSSR count). The smallest absolute Gasteiger partial charge is 0.425 e. The van der Waals surface area contributed by atoms with Crippen molar-refractivity contribution in [2.45, 2.75) is 45.9 Å². The van der Waals surface area contributed by atoms with Gasteiger partial charge in [-0.05, 0) is 20.3 Å². The summed E-state index contributed by atoms with van der Waals surface area (Å²) in [6, 6.07) is 0. The Morgan fingerprint density at radius 2 is 1.95 bits per heavy atom. The predicted octanol–water partition coefficient (Wildman–Crippen LogP) is 3.11. The van der Waals surface area contributed by atoms with E-state index in [0.29, 0.717) is 23.6 Å². The Labute approximate surface area is 110 Å². The molecule has 0 saturated carbocycles. The minimum absolute atomic E-state index is 0.0207. The maximum Gasteiger partial charge on any atom is 0.425 e. The summed E-state index contributed by atoms with van der Waals surface area (Å²) in [4.78, 5) is 8.28. The number of alkyl halides is 3. The van der Waals surface area contributed by atoms with E-state index in [2.05, 4.69) is 15.3 Å². The lowest BCUT2D eigenvalue weighted by atomic mass is 10.2. The van der Waals surface area contributed by atoms with Crippen LogP contribution in [0.5, 0.6) is 5.88 Å². The van der Waals surface area contributed by atoms with Gasteiger partial charge in [0.05, 0.1) is 5.56 Å². The summed E-state index contributed by atoms with van der Waals surface area (Å²) in [6.07, 6.45) is -4.92. The maximum absolute atomic E-state index is 12.5. The molecular formula is C12H18F3N3O. The van der Waals surface area contributed by atoms with Crippen LogP contribution in [0.25, 0.3) is 0 Å². The van der Waals surface area contributed by atoms with E-state index in [9.17, 15) is 13.2 Å². The van der Waals surface area contributed by atoms with Gasteiger partial charge in [-0.2, -0.15) is 18.2 Å². The first-order valence-electron chi connectivity index (χ1n) is 6.08. The molecule has 0 aliphatic carbocycles. The van der Waals surface area contributed by atoms with Gasteiger partial charge in [-0.1, -0.05) is 6.92 Å². The Hall–Kier alpha value is -1.53. The van der Waals surface area contributed by atoms with Gasteiger partial charge in [-0.15, -0.1) is 0 Å². The first kappa shape index (κ1) is 15.5. The van der Waals surface area contributed by atoms with E-state index in [1.807, 2.05) is 6.92 Å². The highest BCUT2D eigenvalue weighted by Crippen LogP contribution is 2.28. The molecule has 0 spiro atoms. The first-order chi connectivity index (χ1) is 8.79. The molecule has 1 N–H and O–H groups in total. The lowest BCUT2D eigenvalue weighted by Gasteiger charge is -2.19. The quantitative estimate of drug-likeness (QED) is 0.898. The Bertz CT molecular complexity index is 435. The van der Waals surface area contributed by atoms with E-state index in [4.69, 9.17) is 4.74 Å². The molecule has 0 bridgehead atoms. The lowest BCUT2D eigenvalue weighted by Crippen LogP contribution is -2.32. The number of rotatable bonds is 5. The molecule has 4 nitrogen and oxygen atoms in total. The molecular weight excluding hydrogens is 259 g/mol. The van der Waals surface area contributed by atoms with Gasteiger partial charge in [0.25, 0.3) is 0 Å². The number of aryl methyl sites for hydroxylation is 1. The van der Waals surface area contributed by atoms with Crippen LogP contribution in [0.4, 0.5) is 19.0 Å². The minimum Gasteiger partial charge on any atom is -0.465 e. The minimum atomic E-state index is -4.41. The number of ether oxygens (including phenoxy) is 1. The van der Waals surface area contributed by atoms with E-state index in [1.165, 1.54) is 0 Å². The molecule has 1 aromatic rings. The van der Waals surface area contributed by atoms with Crippen molar-refractivity contribution in [3.63, 3.8) is 0 Å². The summed E-state index contributed by atoms with van der Waals surface area (Å²) < 4.78 is 42.5. The summed E-state index contributed by atoms with van der Waals surface area (Å²) in [7, 11) is 1.65. The Kier molecular flexibility index (Phi) is 4.97. The molecule has 1 atom stereocenters. The van der Waals surface area contributed by atoms with Gasteiger partial charge in [0.1, 0.15) is 11.6 Å². The SMILES string of the molecule is CCCc1nc(NC)c(C)c(OC(C)C(F)(F)F)n1. The average molecular weight is 277 g/mol. The highest BCUT2D eigenvalue weighted by Gasteiger charge is 2.38. The number of hydrogen-bond acceptors (Lipinski definition) is 4. The van der Waals surface area contributed by atoms with Crippen LogP contribution in [0.3, 0.4) is 0 Å². The highest BCUT2D eigenvalue weighted by atomic mass is 19.4. The van der Waals surface area contributed by atoms with Crippen LogP contribution in [0.1, 0.15) is 31.7 Å². The van der Waals surface area contributed by atoms with Crippen molar-refractivity contribution < 1.29 is 17.9 Å². The zero-order valence-electron chi connectivity index (χ0n) is 11.4. The monoisotopic (exact) mass is 277 g/mol. The molecule has 1 heterocycles. The van der Waals surface area contributed by atoms with Gasteiger partial charge in [0.2, 0.25) is 5.88 Å². The van der Waals surface area contributed by atoms with Crippen molar-refractivity contribution in [3.05, 3.63) is 11.4 Å². The molecule has 0 saturated heterocycles. The van der Waals surface area contributed by atoms with Gasteiger partial charge in [0, 0.05) is 13.5 Å². The van der Waals surface area contributed by atoms with E-state index < -0.39 is 12.3 Å². The number of halogens is 3. The number of nitrogens with one attached hydrogen (secondary N) is 1. The molecule has 0 aliphatic rings. The van der Waals surface area contributed by atoms with Crippen LogP contribution in [0.15, 0.2) is 0 Å². The van der Waals surface area contributed by atoms with Crippen molar-refractivity contribution in [2.24, 2.45) is 0 Å².